The molecule has 1 unspecified atom stereocenters. The van der Waals surface area contributed by atoms with Crippen molar-refractivity contribution in [1.29, 1.82) is 0 Å². The van der Waals surface area contributed by atoms with Crippen molar-refractivity contribution in [2.45, 2.75) is 58.5 Å². The van der Waals surface area contributed by atoms with Crippen molar-refractivity contribution in [2.24, 2.45) is 11.3 Å². The van der Waals surface area contributed by atoms with Gasteiger partial charge in [0.15, 0.2) is 6.10 Å². The first-order valence-electron chi connectivity index (χ1n) is 6.38. The van der Waals surface area contributed by atoms with Gasteiger partial charge in [0, 0.05) is 12.5 Å². The maximum atomic E-state index is 11.2. The number of hydrogen-bond donors (Lipinski definition) is 1. The largest absolute Gasteiger partial charge is 0.479 e. The lowest BCUT2D eigenvalue weighted by Gasteiger charge is -2.30. The van der Waals surface area contributed by atoms with Crippen LogP contribution in [0.2, 0.25) is 0 Å². The van der Waals surface area contributed by atoms with Gasteiger partial charge in [-0.15, -0.1) is 0 Å². The van der Waals surface area contributed by atoms with Crippen molar-refractivity contribution >= 4 is 5.97 Å². The maximum absolute atomic E-state index is 11.2. The van der Waals surface area contributed by atoms with E-state index in [1.807, 2.05) is 0 Å². The van der Waals surface area contributed by atoms with Gasteiger partial charge in [-0.05, 0) is 18.8 Å². The molecule has 3 heteroatoms. The highest BCUT2D eigenvalue weighted by molar-refractivity contribution is 5.74. The fraction of sp³-hybridized carbons (Fsp3) is 0.923. The van der Waals surface area contributed by atoms with E-state index >= 15 is 0 Å². The third-order valence-corrected chi connectivity index (χ3v) is 3.90. The zero-order chi connectivity index (χ0) is 12.2. The molecule has 1 atom stereocenters. The Morgan fingerprint density at radius 3 is 2.06 bits per heavy atom. The molecular formula is C13H24O3. The highest BCUT2D eigenvalue weighted by Gasteiger charge is 2.57. The first-order chi connectivity index (χ1) is 7.62. The van der Waals surface area contributed by atoms with E-state index in [2.05, 4.69) is 13.8 Å². The van der Waals surface area contributed by atoms with Crippen LogP contribution < -0.4 is 0 Å². The quantitative estimate of drug-likeness (QED) is 0.694. The van der Waals surface area contributed by atoms with Crippen LogP contribution in [-0.2, 0) is 9.53 Å². The number of carbonyl (C=O) groups is 1. The van der Waals surface area contributed by atoms with Crippen LogP contribution in [0.25, 0.3) is 0 Å². The Labute approximate surface area is 98.2 Å². The van der Waals surface area contributed by atoms with E-state index in [4.69, 9.17) is 4.74 Å². The zero-order valence-electron chi connectivity index (χ0n) is 10.7. The molecule has 0 spiro atoms. The summed E-state index contributed by atoms with van der Waals surface area (Å²) in [6.45, 7) is 4.34. The number of carboxylic acid groups (broad SMARTS) is 1. The molecule has 94 valence electrons. The van der Waals surface area contributed by atoms with Crippen LogP contribution in [0.5, 0.6) is 0 Å². The van der Waals surface area contributed by atoms with Crippen LogP contribution in [0.15, 0.2) is 0 Å². The molecule has 16 heavy (non-hydrogen) atoms. The van der Waals surface area contributed by atoms with Crippen molar-refractivity contribution < 1.29 is 14.6 Å². The summed E-state index contributed by atoms with van der Waals surface area (Å²) >= 11 is 0. The Morgan fingerprint density at radius 2 is 1.81 bits per heavy atom. The minimum atomic E-state index is -0.794. The number of ether oxygens (including phenoxy) is 1. The van der Waals surface area contributed by atoms with E-state index in [-0.39, 0.29) is 5.41 Å². The summed E-state index contributed by atoms with van der Waals surface area (Å²) in [7, 11) is 1.52. The minimum absolute atomic E-state index is 0.0629. The van der Waals surface area contributed by atoms with Crippen molar-refractivity contribution in [3.63, 3.8) is 0 Å². The van der Waals surface area contributed by atoms with E-state index in [0.717, 1.165) is 38.5 Å². The molecule has 3 nitrogen and oxygen atoms in total. The molecule has 1 aliphatic carbocycles. The summed E-state index contributed by atoms with van der Waals surface area (Å²) in [6, 6.07) is 0. The summed E-state index contributed by atoms with van der Waals surface area (Å²) < 4.78 is 5.21. The molecule has 1 rings (SSSR count). The molecule has 0 aliphatic heterocycles. The SMILES string of the molecule is CCCC(CCC)C1(C(OC)C(=O)O)CC1. The van der Waals surface area contributed by atoms with Crippen LogP contribution in [-0.4, -0.2) is 24.3 Å². The fourth-order valence-electron chi connectivity index (χ4n) is 3.03. The smallest absolute Gasteiger partial charge is 0.333 e. The topological polar surface area (TPSA) is 46.5 Å². The highest BCUT2D eigenvalue weighted by atomic mass is 16.5. The Balaban J connectivity index is 2.76. The normalized spacial score (nSPS) is 19.8. The van der Waals surface area contributed by atoms with E-state index < -0.39 is 12.1 Å². The van der Waals surface area contributed by atoms with Gasteiger partial charge in [0.25, 0.3) is 0 Å². The van der Waals surface area contributed by atoms with Crippen LogP contribution in [0, 0.1) is 11.3 Å². The summed E-state index contributed by atoms with van der Waals surface area (Å²) in [5.74, 6) is -0.277. The predicted octanol–water partition coefficient (Wildman–Crippen LogP) is 3.08. The fourth-order valence-corrected chi connectivity index (χ4v) is 3.03. The molecule has 0 aromatic rings. The summed E-state index contributed by atoms with van der Waals surface area (Å²) in [5.41, 5.74) is -0.0629. The Bertz CT molecular complexity index is 227. The number of carboxylic acids is 1. The molecule has 0 radical (unpaired) electrons. The van der Waals surface area contributed by atoms with Crippen LogP contribution in [0.4, 0.5) is 0 Å². The van der Waals surface area contributed by atoms with Crippen molar-refractivity contribution in [2.75, 3.05) is 7.11 Å². The van der Waals surface area contributed by atoms with Gasteiger partial charge in [-0.2, -0.15) is 0 Å². The first kappa shape index (κ1) is 13.5. The molecule has 0 saturated heterocycles. The third kappa shape index (κ3) is 2.57. The number of rotatable bonds is 8. The standard InChI is InChI=1S/C13H24O3/c1-4-6-10(7-5-2)13(8-9-13)11(16-3)12(14)15/h10-11H,4-9H2,1-3H3,(H,14,15). The molecule has 0 aromatic heterocycles. The molecule has 0 aromatic carbocycles. The van der Waals surface area contributed by atoms with E-state index in [1.54, 1.807) is 0 Å². The highest BCUT2D eigenvalue weighted by Crippen LogP contribution is 2.58. The molecule has 1 saturated carbocycles. The molecule has 1 aliphatic rings. The average molecular weight is 228 g/mol. The van der Waals surface area contributed by atoms with Gasteiger partial charge in [0.1, 0.15) is 0 Å². The van der Waals surface area contributed by atoms with E-state index in [9.17, 15) is 9.90 Å². The first-order valence-corrected chi connectivity index (χ1v) is 6.38. The van der Waals surface area contributed by atoms with Crippen molar-refractivity contribution in [3.8, 4) is 0 Å². The van der Waals surface area contributed by atoms with E-state index in [0.29, 0.717) is 5.92 Å². The van der Waals surface area contributed by atoms with Gasteiger partial charge in [-0.3, -0.25) is 0 Å². The molecule has 0 amide bonds. The van der Waals surface area contributed by atoms with Crippen LogP contribution in [0.1, 0.15) is 52.4 Å². The zero-order valence-corrected chi connectivity index (χ0v) is 10.7. The van der Waals surface area contributed by atoms with Gasteiger partial charge in [-0.1, -0.05) is 39.5 Å². The van der Waals surface area contributed by atoms with Gasteiger partial charge < -0.3 is 9.84 Å². The Kier molecular flexibility index (Phi) is 4.78. The van der Waals surface area contributed by atoms with Gasteiger partial charge in [-0.25, -0.2) is 4.79 Å². The Hall–Kier alpha value is -0.570. The summed E-state index contributed by atoms with van der Waals surface area (Å²) in [4.78, 5) is 11.2. The second kappa shape index (κ2) is 5.67. The lowest BCUT2D eigenvalue weighted by Crippen LogP contribution is -2.38. The summed E-state index contributed by atoms with van der Waals surface area (Å²) in [5, 5.41) is 9.21. The Morgan fingerprint density at radius 1 is 1.31 bits per heavy atom. The van der Waals surface area contributed by atoms with Crippen LogP contribution >= 0.6 is 0 Å². The number of hydrogen-bond acceptors (Lipinski definition) is 2. The van der Waals surface area contributed by atoms with E-state index in [1.165, 1.54) is 7.11 Å². The monoisotopic (exact) mass is 228 g/mol. The second-order valence-corrected chi connectivity index (χ2v) is 4.96. The van der Waals surface area contributed by atoms with Crippen molar-refractivity contribution in [3.05, 3.63) is 0 Å². The summed E-state index contributed by atoms with van der Waals surface area (Å²) in [6.07, 6.45) is 5.94. The number of aliphatic carboxylic acids is 1. The lowest BCUT2D eigenvalue weighted by atomic mass is 9.78. The van der Waals surface area contributed by atoms with Crippen LogP contribution in [0.3, 0.4) is 0 Å². The maximum Gasteiger partial charge on any atom is 0.333 e. The minimum Gasteiger partial charge on any atom is -0.479 e. The molecule has 0 heterocycles. The predicted molar refractivity (Wildman–Crippen MR) is 63.4 cm³/mol. The third-order valence-electron chi connectivity index (χ3n) is 3.90. The van der Waals surface area contributed by atoms with Gasteiger partial charge in [0.2, 0.25) is 0 Å². The molecule has 1 N–H and O–H groups in total. The average Bonchev–Trinajstić information content (AvgIpc) is 2.99. The number of methoxy groups -OCH3 is 1. The van der Waals surface area contributed by atoms with Gasteiger partial charge in [0.05, 0.1) is 0 Å². The molecule has 0 bridgehead atoms. The molecular weight excluding hydrogens is 204 g/mol. The second-order valence-electron chi connectivity index (χ2n) is 4.96. The van der Waals surface area contributed by atoms with Crippen molar-refractivity contribution in [1.82, 2.24) is 0 Å². The van der Waals surface area contributed by atoms with Gasteiger partial charge >= 0.3 is 5.97 Å². The molecule has 1 fully saturated rings. The lowest BCUT2D eigenvalue weighted by molar-refractivity contribution is -0.155.